The predicted octanol–water partition coefficient (Wildman–Crippen LogP) is 1.85. The fourth-order valence-corrected chi connectivity index (χ4v) is 3.16. The van der Waals surface area contributed by atoms with E-state index in [9.17, 15) is 24.3 Å². The monoisotopic (exact) mass is 367 g/mol. The summed E-state index contributed by atoms with van der Waals surface area (Å²) in [7, 11) is 0. The number of nitrogens with zero attached hydrogens (tertiary/aromatic N) is 1. The summed E-state index contributed by atoms with van der Waals surface area (Å²) >= 11 is 0. The SMILES string of the molecule is Cc1c(C(=O)O)cccc1-n1c(C)cc(C=C2C(=O)NC(=O)NC2=O)c1C. The maximum absolute atomic E-state index is 11.9. The zero-order valence-electron chi connectivity index (χ0n) is 14.9. The van der Waals surface area contributed by atoms with Gasteiger partial charge in [0.15, 0.2) is 0 Å². The Labute approximate surface area is 154 Å². The number of carboxylic acid groups (broad SMARTS) is 1. The van der Waals surface area contributed by atoms with Gasteiger partial charge in [-0.3, -0.25) is 20.2 Å². The minimum atomic E-state index is -1.01. The average molecular weight is 367 g/mol. The molecule has 3 rings (SSSR count). The summed E-state index contributed by atoms with van der Waals surface area (Å²) in [6.07, 6.45) is 1.41. The number of nitrogens with one attached hydrogen (secondary N) is 2. The molecule has 1 aromatic heterocycles. The van der Waals surface area contributed by atoms with E-state index in [1.54, 1.807) is 32.0 Å². The van der Waals surface area contributed by atoms with E-state index < -0.39 is 23.8 Å². The number of aryl methyl sites for hydroxylation is 1. The molecular formula is C19H17N3O5. The van der Waals surface area contributed by atoms with E-state index in [0.717, 1.165) is 11.4 Å². The molecule has 2 heterocycles. The fourth-order valence-electron chi connectivity index (χ4n) is 3.16. The number of imide groups is 2. The van der Waals surface area contributed by atoms with Crippen molar-refractivity contribution < 1.29 is 24.3 Å². The first-order valence-electron chi connectivity index (χ1n) is 8.11. The van der Waals surface area contributed by atoms with Crippen molar-refractivity contribution in [3.8, 4) is 5.69 Å². The van der Waals surface area contributed by atoms with Crippen LogP contribution in [0.15, 0.2) is 29.8 Å². The summed E-state index contributed by atoms with van der Waals surface area (Å²) in [4.78, 5) is 46.4. The number of aromatic nitrogens is 1. The van der Waals surface area contributed by atoms with Gasteiger partial charge in [-0.05, 0) is 56.2 Å². The van der Waals surface area contributed by atoms with Gasteiger partial charge in [0.1, 0.15) is 5.57 Å². The van der Waals surface area contributed by atoms with Crippen molar-refractivity contribution in [3.05, 3.63) is 57.9 Å². The number of barbiturate groups is 1. The lowest BCUT2D eigenvalue weighted by Gasteiger charge is -2.15. The van der Waals surface area contributed by atoms with Crippen molar-refractivity contribution in [2.24, 2.45) is 0 Å². The molecule has 8 nitrogen and oxygen atoms in total. The zero-order valence-corrected chi connectivity index (χ0v) is 14.9. The van der Waals surface area contributed by atoms with Gasteiger partial charge in [-0.1, -0.05) is 6.07 Å². The molecule has 0 unspecified atom stereocenters. The molecule has 0 saturated carbocycles. The molecule has 0 spiro atoms. The molecular weight excluding hydrogens is 350 g/mol. The van der Waals surface area contributed by atoms with Crippen molar-refractivity contribution in [2.45, 2.75) is 20.8 Å². The molecule has 1 saturated heterocycles. The highest BCUT2D eigenvalue weighted by Crippen LogP contribution is 2.26. The molecule has 1 aromatic carbocycles. The van der Waals surface area contributed by atoms with E-state index in [2.05, 4.69) is 0 Å². The van der Waals surface area contributed by atoms with Gasteiger partial charge in [-0.2, -0.15) is 0 Å². The molecule has 4 amide bonds. The van der Waals surface area contributed by atoms with E-state index in [-0.39, 0.29) is 11.1 Å². The van der Waals surface area contributed by atoms with E-state index in [1.807, 2.05) is 22.1 Å². The Kier molecular flexibility index (Phi) is 4.40. The van der Waals surface area contributed by atoms with Gasteiger partial charge in [0.05, 0.1) is 5.56 Å². The molecule has 0 bridgehead atoms. The Morgan fingerprint density at radius 2 is 1.70 bits per heavy atom. The number of benzene rings is 1. The molecule has 8 heteroatoms. The number of urea groups is 1. The Balaban J connectivity index is 2.12. The maximum Gasteiger partial charge on any atom is 0.336 e. The third-order valence-corrected chi connectivity index (χ3v) is 4.49. The third-order valence-electron chi connectivity index (χ3n) is 4.49. The van der Waals surface area contributed by atoms with Gasteiger partial charge >= 0.3 is 12.0 Å². The highest BCUT2D eigenvalue weighted by molar-refractivity contribution is 6.31. The van der Waals surface area contributed by atoms with Crippen molar-refractivity contribution in [1.29, 1.82) is 0 Å². The number of aromatic carboxylic acids is 1. The summed E-state index contributed by atoms with van der Waals surface area (Å²) in [6.45, 7) is 5.37. The van der Waals surface area contributed by atoms with Crippen LogP contribution < -0.4 is 10.6 Å². The second-order valence-electron chi connectivity index (χ2n) is 6.21. The van der Waals surface area contributed by atoms with Crippen molar-refractivity contribution >= 4 is 29.9 Å². The van der Waals surface area contributed by atoms with Gasteiger partial charge in [0.25, 0.3) is 11.8 Å². The first kappa shape index (κ1) is 18.1. The van der Waals surface area contributed by atoms with Crippen LogP contribution in [0, 0.1) is 20.8 Å². The molecule has 1 aliphatic rings. The number of rotatable bonds is 3. The van der Waals surface area contributed by atoms with Gasteiger partial charge in [0.2, 0.25) is 0 Å². The van der Waals surface area contributed by atoms with Crippen LogP contribution in [0.4, 0.5) is 4.79 Å². The first-order chi connectivity index (χ1) is 12.7. The van der Waals surface area contributed by atoms with Crippen LogP contribution in [0.3, 0.4) is 0 Å². The van der Waals surface area contributed by atoms with E-state index >= 15 is 0 Å². The van der Waals surface area contributed by atoms with E-state index in [1.165, 1.54) is 12.1 Å². The van der Waals surface area contributed by atoms with Crippen LogP contribution in [0.25, 0.3) is 11.8 Å². The smallest absolute Gasteiger partial charge is 0.336 e. The van der Waals surface area contributed by atoms with Crippen LogP contribution in [0.2, 0.25) is 0 Å². The van der Waals surface area contributed by atoms with Crippen LogP contribution in [0.1, 0.15) is 32.9 Å². The lowest BCUT2D eigenvalue weighted by molar-refractivity contribution is -0.123. The Morgan fingerprint density at radius 3 is 2.30 bits per heavy atom. The summed E-state index contributed by atoms with van der Waals surface area (Å²) in [6, 6.07) is 5.93. The minimum absolute atomic E-state index is 0.175. The minimum Gasteiger partial charge on any atom is -0.478 e. The normalized spacial score (nSPS) is 14.0. The topological polar surface area (TPSA) is 118 Å². The van der Waals surface area contributed by atoms with Gasteiger partial charge in [-0.25, -0.2) is 9.59 Å². The standard InChI is InChI=1S/C19H17N3O5/c1-9-7-12(8-14-16(23)20-19(27)21-17(14)24)11(3)22(9)15-6-4-5-13(10(15)2)18(25)26/h4-8H,1-3H3,(H,25,26)(H2,20,21,23,24,27). The first-order valence-corrected chi connectivity index (χ1v) is 8.11. The predicted molar refractivity (Wildman–Crippen MR) is 96.6 cm³/mol. The van der Waals surface area contributed by atoms with Crippen molar-refractivity contribution in [3.63, 3.8) is 0 Å². The molecule has 1 fully saturated rings. The van der Waals surface area contributed by atoms with Crippen molar-refractivity contribution in [2.75, 3.05) is 0 Å². The quantitative estimate of drug-likeness (QED) is 0.565. The van der Waals surface area contributed by atoms with Crippen LogP contribution in [0.5, 0.6) is 0 Å². The van der Waals surface area contributed by atoms with Gasteiger partial charge in [-0.15, -0.1) is 0 Å². The number of amides is 4. The number of carbonyl (C=O) groups is 4. The molecule has 0 radical (unpaired) electrons. The number of carboxylic acids is 1. The van der Waals surface area contributed by atoms with Crippen LogP contribution in [-0.4, -0.2) is 33.5 Å². The average Bonchev–Trinajstić information content (AvgIpc) is 2.85. The van der Waals surface area contributed by atoms with Crippen LogP contribution in [-0.2, 0) is 9.59 Å². The Hall–Kier alpha value is -3.68. The molecule has 0 atom stereocenters. The van der Waals surface area contributed by atoms with Gasteiger partial charge in [0, 0.05) is 17.1 Å². The second kappa shape index (κ2) is 6.56. The van der Waals surface area contributed by atoms with E-state index in [4.69, 9.17) is 0 Å². The molecule has 3 N–H and O–H groups in total. The summed E-state index contributed by atoms with van der Waals surface area (Å²) in [5.74, 6) is -2.55. The summed E-state index contributed by atoms with van der Waals surface area (Å²) < 4.78 is 1.86. The fraction of sp³-hybridized carbons (Fsp3) is 0.158. The Morgan fingerprint density at radius 1 is 1.07 bits per heavy atom. The second-order valence-corrected chi connectivity index (χ2v) is 6.21. The highest BCUT2D eigenvalue weighted by Gasteiger charge is 2.28. The molecule has 2 aromatic rings. The lowest BCUT2D eigenvalue weighted by Crippen LogP contribution is -2.51. The third kappa shape index (κ3) is 3.12. The molecule has 27 heavy (non-hydrogen) atoms. The van der Waals surface area contributed by atoms with Crippen LogP contribution >= 0.6 is 0 Å². The van der Waals surface area contributed by atoms with E-state index in [0.29, 0.717) is 16.8 Å². The van der Waals surface area contributed by atoms with Gasteiger partial charge < -0.3 is 9.67 Å². The Bertz CT molecular complexity index is 1020. The molecule has 0 aliphatic carbocycles. The number of carbonyl (C=O) groups excluding carboxylic acids is 3. The highest BCUT2D eigenvalue weighted by atomic mass is 16.4. The summed E-state index contributed by atoms with van der Waals surface area (Å²) in [5, 5.41) is 13.4. The zero-order chi connectivity index (χ0) is 19.9. The largest absolute Gasteiger partial charge is 0.478 e. The molecule has 1 aliphatic heterocycles. The van der Waals surface area contributed by atoms with Crippen molar-refractivity contribution in [1.82, 2.24) is 15.2 Å². The summed E-state index contributed by atoms with van der Waals surface area (Å²) in [5.41, 5.74) is 3.46. The number of hydrogen-bond donors (Lipinski definition) is 3. The lowest BCUT2D eigenvalue weighted by atomic mass is 10.1. The molecule has 138 valence electrons. The maximum atomic E-state index is 11.9. The number of hydrogen-bond acceptors (Lipinski definition) is 4.